The molecule has 16 heavy (non-hydrogen) atoms. The van der Waals surface area contributed by atoms with Crippen molar-refractivity contribution in [2.24, 2.45) is 0 Å². The average Bonchev–Trinajstić information content (AvgIpc) is 2.54. The fraction of sp³-hybridized carbons (Fsp3) is 0.800. The predicted molar refractivity (Wildman–Crippen MR) is 54.8 cm³/mol. The summed E-state index contributed by atoms with van der Waals surface area (Å²) in [6, 6.07) is 0. The summed E-state index contributed by atoms with van der Waals surface area (Å²) >= 11 is 0. The molecule has 0 aliphatic carbocycles. The smallest absolute Gasteiger partial charge is 0.254 e. The van der Waals surface area contributed by atoms with E-state index in [1.165, 1.54) is 0 Å². The number of carbonyl (C=O) groups excluding carboxylic acids is 2. The Labute approximate surface area is 93.9 Å². The highest BCUT2D eigenvalue weighted by molar-refractivity contribution is 5.87. The van der Waals surface area contributed by atoms with Crippen molar-refractivity contribution < 1.29 is 19.1 Å². The molecule has 2 saturated heterocycles. The van der Waals surface area contributed by atoms with Gasteiger partial charge in [-0.2, -0.15) is 0 Å². The van der Waals surface area contributed by atoms with Crippen molar-refractivity contribution in [3.05, 3.63) is 0 Å². The Hall–Kier alpha value is -1.14. The molecule has 1 unspecified atom stereocenters. The van der Waals surface area contributed by atoms with Gasteiger partial charge in [-0.25, -0.2) is 0 Å². The maximum atomic E-state index is 12.0. The normalized spacial score (nSPS) is 27.1. The minimum atomic E-state index is -0.542. The summed E-state index contributed by atoms with van der Waals surface area (Å²) in [4.78, 5) is 24.8. The number of hydrogen-bond donors (Lipinski definition) is 1. The molecule has 0 aromatic rings. The predicted octanol–water partition coefficient (Wildman–Crippen LogP) is -1.25. The molecule has 2 rings (SSSR count). The molecule has 0 saturated carbocycles. The van der Waals surface area contributed by atoms with Crippen molar-refractivity contribution >= 4 is 11.8 Å². The standard InChI is InChI=1S/C10H16N2O4/c13-9-6-12(3-1-2-11-9)10(14)8-7-15-4-5-16-8/h8H,1-7H2,(H,11,13). The number of rotatable bonds is 1. The number of nitrogens with zero attached hydrogens (tertiary/aromatic N) is 1. The van der Waals surface area contributed by atoms with E-state index in [0.29, 0.717) is 26.3 Å². The maximum absolute atomic E-state index is 12.0. The molecule has 6 heteroatoms. The fourth-order valence-electron chi connectivity index (χ4n) is 1.83. The molecule has 6 nitrogen and oxygen atoms in total. The van der Waals surface area contributed by atoms with Crippen LogP contribution in [0.15, 0.2) is 0 Å². The Bertz CT molecular complexity index is 276. The lowest BCUT2D eigenvalue weighted by Crippen LogP contribution is -2.47. The van der Waals surface area contributed by atoms with Gasteiger partial charge in [-0.05, 0) is 6.42 Å². The molecule has 2 aliphatic heterocycles. The molecular formula is C10H16N2O4. The summed E-state index contributed by atoms with van der Waals surface area (Å²) in [6.45, 7) is 2.61. The summed E-state index contributed by atoms with van der Waals surface area (Å²) < 4.78 is 10.5. The van der Waals surface area contributed by atoms with Crippen molar-refractivity contribution in [3.63, 3.8) is 0 Å². The molecule has 1 atom stereocenters. The van der Waals surface area contributed by atoms with E-state index in [0.717, 1.165) is 6.42 Å². The van der Waals surface area contributed by atoms with E-state index >= 15 is 0 Å². The highest BCUT2D eigenvalue weighted by atomic mass is 16.6. The van der Waals surface area contributed by atoms with Crippen LogP contribution in [0.1, 0.15) is 6.42 Å². The minimum Gasteiger partial charge on any atom is -0.376 e. The molecular weight excluding hydrogens is 212 g/mol. The third-order valence-corrected chi connectivity index (χ3v) is 2.66. The second-order valence-corrected chi connectivity index (χ2v) is 3.90. The number of ether oxygens (including phenoxy) is 2. The molecule has 2 amide bonds. The van der Waals surface area contributed by atoms with Gasteiger partial charge >= 0.3 is 0 Å². The van der Waals surface area contributed by atoms with Crippen LogP contribution in [0.2, 0.25) is 0 Å². The topological polar surface area (TPSA) is 67.9 Å². The lowest BCUT2D eigenvalue weighted by atomic mass is 10.2. The summed E-state index contributed by atoms with van der Waals surface area (Å²) in [7, 11) is 0. The molecule has 2 fully saturated rings. The van der Waals surface area contributed by atoms with Gasteiger partial charge in [0.25, 0.3) is 5.91 Å². The first-order valence-electron chi connectivity index (χ1n) is 5.52. The summed E-state index contributed by atoms with van der Waals surface area (Å²) in [6.07, 6.45) is 0.241. The fourth-order valence-corrected chi connectivity index (χ4v) is 1.83. The zero-order valence-corrected chi connectivity index (χ0v) is 9.11. The van der Waals surface area contributed by atoms with E-state index in [9.17, 15) is 9.59 Å². The van der Waals surface area contributed by atoms with Crippen LogP contribution in [-0.4, -0.2) is 62.3 Å². The SMILES string of the molecule is O=C1CN(C(=O)C2COCCO2)CCCN1. The van der Waals surface area contributed by atoms with Crippen LogP contribution in [0.4, 0.5) is 0 Å². The Morgan fingerprint density at radius 1 is 1.44 bits per heavy atom. The van der Waals surface area contributed by atoms with E-state index in [1.807, 2.05) is 0 Å². The lowest BCUT2D eigenvalue weighted by molar-refractivity contribution is -0.158. The zero-order chi connectivity index (χ0) is 11.4. The van der Waals surface area contributed by atoms with Crippen LogP contribution in [0.25, 0.3) is 0 Å². The summed E-state index contributed by atoms with van der Waals surface area (Å²) in [5, 5.41) is 2.73. The molecule has 2 heterocycles. The van der Waals surface area contributed by atoms with Gasteiger partial charge in [0.15, 0.2) is 6.10 Å². The van der Waals surface area contributed by atoms with Crippen molar-refractivity contribution in [1.29, 1.82) is 0 Å². The van der Waals surface area contributed by atoms with Crippen LogP contribution in [0.3, 0.4) is 0 Å². The molecule has 0 spiro atoms. The third kappa shape index (κ3) is 2.70. The van der Waals surface area contributed by atoms with Gasteiger partial charge in [-0.15, -0.1) is 0 Å². The van der Waals surface area contributed by atoms with Gasteiger partial charge in [0.1, 0.15) is 0 Å². The average molecular weight is 228 g/mol. The quantitative estimate of drug-likeness (QED) is 0.609. The summed E-state index contributed by atoms with van der Waals surface area (Å²) in [5.74, 6) is -0.251. The second-order valence-electron chi connectivity index (χ2n) is 3.90. The van der Waals surface area contributed by atoms with E-state index < -0.39 is 6.10 Å². The van der Waals surface area contributed by atoms with Crippen molar-refractivity contribution in [3.8, 4) is 0 Å². The Balaban J connectivity index is 1.93. The van der Waals surface area contributed by atoms with E-state index in [2.05, 4.69) is 5.32 Å². The summed E-state index contributed by atoms with van der Waals surface area (Å²) in [5.41, 5.74) is 0. The number of nitrogens with one attached hydrogen (secondary N) is 1. The monoisotopic (exact) mass is 228 g/mol. The minimum absolute atomic E-state index is 0.109. The third-order valence-electron chi connectivity index (χ3n) is 2.66. The van der Waals surface area contributed by atoms with Gasteiger partial charge in [0.05, 0.1) is 26.4 Å². The van der Waals surface area contributed by atoms with E-state index in [-0.39, 0.29) is 25.0 Å². The van der Waals surface area contributed by atoms with E-state index in [4.69, 9.17) is 9.47 Å². The van der Waals surface area contributed by atoms with Crippen LogP contribution in [0, 0.1) is 0 Å². The van der Waals surface area contributed by atoms with Crippen molar-refractivity contribution in [1.82, 2.24) is 10.2 Å². The van der Waals surface area contributed by atoms with Crippen LogP contribution >= 0.6 is 0 Å². The molecule has 0 bridgehead atoms. The van der Waals surface area contributed by atoms with Gasteiger partial charge < -0.3 is 19.7 Å². The molecule has 0 radical (unpaired) electrons. The van der Waals surface area contributed by atoms with Gasteiger partial charge in [-0.3, -0.25) is 9.59 Å². The van der Waals surface area contributed by atoms with Gasteiger partial charge in [0, 0.05) is 13.1 Å². The zero-order valence-electron chi connectivity index (χ0n) is 9.11. The van der Waals surface area contributed by atoms with Gasteiger partial charge in [-0.1, -0.05) is 0 Å². The second kappa shape index (κ2) is 5.27. The molecule has 1 N–H and O–H groups in total. The van der Waals surface area contributed by atoms with Crippen LogP contribution < -0.4 is 5.32 Å². The Morgan fingerprint density at radius 2 is 2.31 bits per heavy atom. The molecule has 90 valence electrons. The van der Waals surface area contributed by atoms with Crippen molar-refractivity contribution in [2.75, 3.05) is 39.5 Å². The Morgan fingerprint density at radius 3 is 3.06 bits per heavy atom. The molecule has 0 aromatic heterocycles. The first-order valence-corrected chi connectivity index (χ1v) is 5.52. The molecule has 0 aromatic carbocycles. The number of carbonyl (C=O) groups is 2. The van der Waals surface area contributed by atoms with E-state index in [1.54, 1.807) is 4.90 Å². The highest BCUT2D eigenvalue weighted by Gasteiger charge is 2.29. The first kappa shape index (κ1) is 11.3. The van der Waals surface area contributed by atoms with Gasteiger partial charge in [0.2, 0.25) is 5.91 Å². The maximum Gasteiger partial charge on any atom is 0.254 e. The lowest BCUT2D eigenvalue weighted by Gasteiger charge is -2.27. The molecule has 2 aliphatic rings. The Kier molecular flexibility index (Phi) is 3.74. The highest BCUT2D eigenvalue weighted by Crippen LogP contribution is 2.07. The first-order chi connectivity index (χ1) is 7.77. The largest absolute Gasteiger partial charge is 0.376 e. The van der Waals surface area contributed by atoms with Crippen LogP contribution in [0.5, 0.6) is 0 Å². The number of amides is 2. The van der Waals surface area contributed by atoms with Crippen LogP contribution in [-0.2, 0) is 19.1 Å². The number of hydrogen-bond acceptors (Lipinski definition) is 4. The van der Waals surface area contributed by atoms with Crippen molar-refractivity contribution in [2.45, 2.75) is 12.5 Å².